The van der Waals surface area contributed by atoms with Crippen molar-refractivity contribution in [1.82, 2.24) is 29.7 Å². The van der Waals surface area contributed by atoms with Crippen LogP contribution in [-0.4, -0.2) is 92.2 Å². The van der Waals surface area contributed by atoms with Crippen LogP contribution in [0, 0.1) is 11.8 Å². The summed E-state index contributed by atoms with van der Waals surface area (Å²) in [6, 6.07) is 25.7. The van der Waals surface area contributed by atoms with Gasteiger partial charge in [0.2, 0.25) is 0 Å². The Morgan fingerprint density at radius 1 is 0.952 bits per heavy atom. The first kappa shape index (κ1) is 46.3. The first-order valence-corrected chi connectivity index (χ1v) is 20.6. The second-order valence-corrected chi connectivity index (χ2v) is 14.9. The maximum absolute atomic E-state index is 12.7. The molecule has 4 heterocycles. The number of piperidine rings is 1. The number of hydrogen-bond acceptors (Lipinski definition) is 12. The van der Waals surface area contributed by atoms with Crippen molar-refractivity contribution >= 4 is 28.9 Å². The van der Waals surface area contributed by atoms with E-state index in [-0.39, 0.29) is 23.8 Å². The number of amides is 1. The quantitative estimate of drug-likeness (QED) is 0.0792. The first-order valence-electron chi connectivity index (χ1n) is 20.6. The topological polar surface area (TPSA) is 229 Å². The molecule has 9 N–H and O–H groups in total. The van der Waals surface area contributed by atoms with Gasteiger partial charge in [-0.15, -0.1) is 0 Å². The van der Waals surface area contributed by atoms with Gasteiger partial charge in [-0.3, -0.25) is 19.1 Å². The Hall–Kier alpha value is -6.76. The largest absolute Gasteiger partial charge is 0.508 e. The third-order valence-corrected chi connectivity index (χ3v) is 10.4. The molecule has 1 aliphatic heterocycles. The number of nitrogens with two attached hydrogens (primary N) is 3. The minimum Gasteiger partial charge on any atom is -0.508 e. The van der Waals surface area contributed by atoms with Crippen LogP contribution >= 0.6 is 0 Å². The van der Waals surface area contributed by atoms with Crippen molar-refractivity contribution in [3.63, 3.8) is 0 Å². The van der Waals surface area contributed by atoms with E-state index >= 15 is 0 Å². The van der Waals surface area contributed by atoms with Crippen LogP contribution in [0.4, 0.5) is 5.82 Å². The number of pyridine rings is 2. The van der Waals surface area contributed by atoms with Crippen LogP contribution in [0.1, 0.15) is 53.4 Å². The van der Waals surface area contributed by atoms with E-state index in [1.807, 2.05) is 62.5 Å². The molecule has 0 spiro atoms. The number of hydrogen-bond donors (Lipinski definition) is 6. The Bertz CT molecular complexity index is 2530. The van der Waals surface area contributed by atoms with Crippen LogP contribution in [-0.2, 0) is 24.2 Å². The number of likely N-dealkylation sites (tertiary alicyclic amines) is 1. The number of carbonyl (C=O) groups excluding carboxylic acids is 2. The highest BCUT2D eigenvalue weighted by molar-refractivity contribution is 5.93. The third-order valence-electron chi connectivity index (χ3n) is 10.4. The molecule has 14 heteroatoms. The zero-order chi connectivity index (χ0) is 44.5. The number of nitrogens with one attached hydrogen (secondary N) is 1. The molecule has 322 valence electrons. The van der Waals surface area contributed by atoms with Gasteiger partial charge in [0.15, 0.2) is 0 Å². The minimum atomic E-state index is -0.849. The smallest absolute Gasteiger partial charge is 0.269 e. The molecule has 0 saturated carbocycles. The second kappa shape index (κ2) is 22.7. The van der Waals surface area contributed by atoms with Gasteiger partial charge in [-0.25, -0.2) is 9.97 Å². The molecule has 62 heavy (non-hydrogen) atoms. The number of aryl methyl sites for hydroxylation is 1. The van der Waals surface area contributed by atoms with Crippen molar-refractivity contribution in [3.8, 4) is 39.8 Å². The maximum atomic E-state index is 12.7. The van der Waals surface area contributed by atoms with E-state index in [4.69, 9.17) is 17.2 Å². The van der Waals surface area contributed by atoms with Crippen molar-refractivity contribution < 1.29 is 19.8 Å². The Morgan fingerprint density at radius 2 is 1.68 bits per heavy atom. The molecule has 3 aromatic heterocycles. The van der Waals surface area contributed by atoms with Gasteiger partial charge >= 0.3 is 0 Å². The lowest BCUT2D eigenvalue weighted by atomic mass is 9.91. The summed E-state index contributed by atoms with van der Waals surface area (Å²) in [6.45, 7) is 5.05. The van der Waals surface area contributed by atoms with Gasteiger partial charge in [0.25, 0.3) is 11.5 Å². The fraction of sp³-hybridized carbons (Fsp3) is 0.292. The summed E-state index contributed by atoms with van der Waals surface area (Å²) in [5, 5.41) is 23.5. The SMILES string of the molecule is CCc1c(-c2ccc(C(=O)NCCN)nc2)cnc(N)c1-c1ccc(O)cc1.CN1CCC(O)(Cn2cnc3cc(C#CCN)ccc3c2=O)CC1.O=CCCc1ccccc1. The summed E-state index contributed by atoms with van der Waals surface area (Å²) < 4.78 is 1.51. The minimum absolute atomic E-state index is 0.134. The molecule has 0 radical (unpaired) electrons. The van der Waals surface area contributed by atoms with E-state index in [0.717, 1.165) is 65.6 Å². The Labute approximate surface area is 361 Å². The third kappa shape index (κ3) is 12.6. The summed E-state index contributed by atoms with van der Waals surface area (Å²) in [6.07, 6.45) is 9.39. The summed E-state index contributed by atoms with van der Waals surface area (Å²) in [5.74, 6) is 6.09. The molecule has 0 aliphatic carbocycles. The van der Waals surface area contributed by atoms with E-state index in [1.165, 1.54) is 16.5 Å². The zero-order valence-electron chi connectivity index (χ0n) is 35.3. The van der Waals surface area contributed by atoms with Crippen molar-refractivity contribution in [1.29, 1.82) is 0 Å². The number of phenols is 1. The van der Waals surface area contributed by atoms with Crippen LogP contribution in [0.15, 0.2) is 108 Å². The van der Waals surface area contributed by atoms with Crippen LogP contribution in [0.2, 0.25) is 0 Å². The molecule has 3 aromatic carbocycles. The fourth-order valence-electron chi connectivity index (χ4n) is 6.98. The highest BCUT2D eigenvalue weighted by Crippen LogP contribution is 2.36. The van der Waals surface area contributed by atoms with Gasteiger partial charge in [0.1, 0.15) is 23.5 Å². The molecule has 1 amide bonds. The number of nitrogen functional groups attached to an aromatic ring is 1. The summed E-state index contributed by atoms with van der Waals surface area (Å²) in [4.78, 5) is 49.8. The van der Waals surface area contributed by atoms with Crippen LogP contribution in [0.25, 0.3) is 33.2 Å². The number of anilines is 1. The molecular formula is C48H55N9O5. The lowest BCUT2D eigenvalue weighted by Crippen LogP contribution is -2.46. The van der Waals surface area contributed by atoms with Gasteiger partial charge in [-0.1, -0.05) is 67.3 Å². The van der Waals surface area contributed by atoms with E-state index in [0.29, 0.717) is 61.3 Å². The monoisotopic (exact) mass is 837 g/mol. The number of aromatic nitrogens is 4. The van der Waals surface area contributed by atoms with E-state index < -0.39 is 5.60 Å². The standard InChI is InChI=1S/C21H23N5O2.C18H22N4O2.C9H10O/c1-2-16-17(14-5-8-18(25-11-14)21(28)24-10-9-22)12-26-20(23)19(16)13-3-6-15(27)7-4-13;1-21-9-6-18(24,7-10-21)12-22-13-20-16-11-14(3-2-8-19)4-5-15(16)17(22)23;10-8-4-7-9-5-2-1-3-6-9/h3-8,11-12,27H,2,9-10,22H2,1H3,(H2,23,26)(H,24,28);4-5,11,13,24H,6-10,12,19H2,1H3;1-3,5-6,8H,4,7H2. The molecule has 1 aliphatic rings. The zero-order valence-corrected chi connectivity index (χ0v) is 35.3. The van der Waals surface area contributed by atoms with Crippen molar-refractivity contribution in [3.05, 3.63) is 136 Å². The lowest BCUT2D eigenvalue weighted by molar-refractivity contribution is -0.107. The van der Waals surface area contributed by atoms with Crippen LogP contribution in [0.5, 0.6) is 5.75 Å². The van der Waals surface area contributed by atoms with Gasteiger partial charge in [-0.05, 0) is 85.8 Å². The van der Waals surface area contributed by atoms with Gasteiger partial charge in [0.05, 0.1) is 35.9 Å². The van der Waals surface area contributed by atoms with Gasteiger partial charge < -0.3 is 42.4 Å². The van der Waals surface area contributed by atoms with E-state index in [9.17, 15) is 24.6 Å². The number of nitrogens with zero attached hydrogens (tertiary/aromatic N) is 5. The average Bonchev–Trinajstić information content (AvgIpc) is 3.30. The first-order chi connectivity index (χ1) is 30.0. The Morgan fingerprint density at radius 3 is 2.32 bits per heavy atom. The second-order valence-electron chi connectivity index (χ2n) is 14.9. The molecule has 0 unspecified atom stereocenters. The van der Waals surface area contributed by atoms with Crippen LogP contribution < -0.4 is 28.1 Å². The number of aliphatic hydroxyl groups is 1. The molecule has 14 nitrogen and oxygen atoms in total. The van der Waals surface area contributed by atoms with Gasteiger partial charge in [-0.2, -0.15) is 0 Å². The van der Waals surface area contributed by atoms with Crippen LogP contribution in [0.3, 0.4) is 0 Å². The number of aromatic hydroxyl groups is 1. The highest BCUT2D eigenvalue weighted by Gasteiger charge is 2.32. The summed E-state index contributed by atoms with van der Waals surface area (Å²) in [5.41, 5.74) is 23.4. The van der Waals surface area contributed by atoms with E-state index in [2.05, 4.69) is 37.0 Å². The number of phenolic OH excluding ortho intramolecular Hbond substituents is 1. The van der Waals surface area contributed by atoms with Crippen molar-refractivity contribution in [2.45, 2.75) is 51.2 Å². The average molecular weight is 838 g/mol. The number of aldehydes is 1. The number of rotatable bonds is 11. The summed E-state index contributed by atoms with van der Waals surface area (Å²) >= 11 is 0. The maximum Gasteiger partial charge on any atom is 0.269 e. The summed E-state index contributed by atoms with van der Waals surface area (Å²) in [7, 11) is 2.04. The lowest BCUT2D eigenvalue weighted by Gasteiger charge is -2.36. The highest BCUT2D eigenvalue weighted by atomic mass is 16.3. The van der Waals surface area contributed by atoms with E-state index in [1.54, 1.807) is 48.8 Å². The Kier molecular flexibility index (Phi) is 17.0. The number of benzene rings is 3. The molecule has 7 rings (SSSR count). The fourth-order valence-corrected chi connectivity index (χ4v) is 6.98. The molecule has 6 aromatic rings. The number of fused-ring (bicyclic) bond motifs is 1. The molecule has 1 fully saturated rings. The van der Waals surface area contributed by atoms with Crippen molar-refractivity contribution in [2.75, 3.05) is 45.5 Å². The van der Waals surface area contributed by atoms with Crippen molar-refractivity contribution in [2.24, 2.45) is 11.5 Å². The van der Waals surface area contributed by atoms with Gasteiger partial charge in [0, 0.05) is 67.2 Å². The molecule has 1 saturated heterocycles. The predicted octanol–water partition coefficient (Wildman–Crippen LogP) is 4.33. The number of carbonyl (C=O) groups is 2. The Balaban J connectivity index is 0.000000193. The molecule has 0 atom stereocenters. The predicted molar refractivity (Wildman–Crippen MR) is 244 cm³/mol. The normalized spacial score (nSPS) is 13.0. The molecular weight excluding hydrogens is 783 g/mol. The molecule has 0 bridgehead atoms.